The molecule has 1 aliphatic heterocycles. The number of ether oxygens (including phenoxy) is 2. The number of methoxy groups -OCH3 is 1. The van der Waals surface area contributed by atoms with Crippen LogP contribution in [0.5, 0.6) is 11.5 Å². The maximum atomic E-state index is 5.71. The first-order chi connectivity index (χ1) is 14.7. The van der Waals surface area contributed by atoms with Crippen LogP contribution in [0.1, 0.15) is 44.6 Å². The van der Waals surface area contributed by atoms with E-state index in [1.54, 1.807) is 7.11 Å². The number of anilines is 2. The Morgan fingerprint density at radius 2 is 1.68 bits per heavy atom. The number of hydrogen-bond donors (Lipinski definition) is 2. The number of nitrogens with zero attached hydrogens (tertiary/aromatic N) is 1. The first-order valence-corrected chi connectivity index (χ1v) is 11.3. The third kappa shape index (κ3) is 8.20. The fourth-order valence-corrected chi connectivity index (χ4v) is 3.84. The molecule has 7 heteroatoms. The third-order valence-electron chi connectivity index (χ3n) is 5.26. The van der Waals surface area contributed by atoms with Crippen LogP contribution in [0.4, 0.5) is 11.4 Å². The van der Waals surface area contributed by atoms with Gasteiger partial charge in [0.15, 0.2) is 5.11 Å². The lowest BCUT2D eigenvalue weighted by molar-refractivity contribution is 0.218. The van der Waals surface area contributed by atoms with Crippen molar-refractivity contribution in [2.45, 2.75) is 45.6 Å². The van der Waals surface area contributed by atoms with Crippen LogP contribution in [0, 0.1) is 0 Å². The summed E-state index contributed by atoms with van der Waals surface area (Å²) >= 11 is 5.51. The van der Waals surface area contributed by atoms with Crippen molar-refractivity contribution in [1.29, 1.82) is 0 Å². The average Bonchev–Trinajstić information content (AvgIpc) is 2.76. The van der Waals surface area contributed by atoms with Crippen LogP contribution >= 0.6 is 24.6 Å². The van der Waals surface area contributed by atoms with E-state index in [9.17, 15) is 0 Å². The zero-order chi connectivity index (χ0) is 21.2. The monoisotopic (exact) mass is 463 g/mol. The molecule has 0 bridgehead atoms. The van der Waals surface area contributed by atoms with Crippen molar-refractivity contribution in [1.82, 2.24) is 4.90 Å². The first kappa shape index (κ1) is 25.2. The number of unbranched alkanes of at least 4 members (excludes halogenated alkanes) is 1. The van der Waals surface area contributed by atoms with Crippen molar-refractivity contribution < 1.29 is 9.47 Å². The SMILES string of the molecule is CCCCOc1ccc(NC(=S)Nc2ccc(OC)c(CN3CCCCC3)c2)cc1.Cl. The highest BCUT2D eigenvalue weighted by Crippen LogP contribution is 2.26. The maximum absolute atomic E-state index is 5.71. The Balaban J connectivity index is 0.00000341. The summed E-state index contributed by atoms with van der Waals surface area (Å²) in [4.78, 5) is 2.49. The fourth-order valence-electron chi connectivity index (χ4n) is 3.60. The molecule has 0 radical (unpaired) electrons. The highest BCUT2D eigenvalue weighted by molar-refractivity contribution is 7.80. The Morgan fingerprint density at radius 3 is 2.35 bits per heavy atom. The van der Waals surface area contributed by atoms with Crippen molar-refractivity contribution in [3.8, 4) is 11.5 Å². The number of thiocarbonyl (C=S) groups is 1. The molecule has 31 heavy (non-hydrogen) atoms. The minimum Gasteiger partial charge on any atom is -0.496 e. The molecule has 1 heterocycles. The number of piperidine rings is 1. The summed E-state index contributed by atoms with van der Waals surface area (Å²) in [6.45, 7) is 6.11. The quantitative estimate of drug-likeness (QED) is 0.346. The van der Waals surface area contributed by atoms with Gasteiger partial charge in [-0.15, -0.1) is 12.4 Å². The second kappa shape index (κ2) is 13.4. The number of hydrogen-bond acceptors (Lipinski definition) is 4. The van der Waals surface area contributed by atoms with Crippen LogP contribution in [0.3, 0.4) is 0 Å². The Hall–Kier alpha value is -2.02. The predicted molar refractivity (Wildman–Crippen MR) is 136 cm³/mol. The molecule has 1 aliphatic rings. The molecule has 0 unspecified atom stereocenters. The molecular formula is C24H34ClN3O2S. The fraction of sp³-hybridized carbons (Fsp3) is 0.458. The normalized spacial score (nSPS) is 13.7. The van der Waals surface area contributed by atoms with Gasteiger partial charge in [-0.05, 0) is 87.0 Å². The van der Waals surface area contributed by atoms with E-state index < -0.39 is 0 Å². The van der Waals surface area contributed by atoms with Gasteiger partial charge < -0.3 is 20.1 Å². The topological polar surface area (TPSA) is 45.8 Å². The summed E-state index contributed by atoms with van der Waals surface area (Å²) < 4.78 is 11.3. The van der Waals surface area contributed by atoms with Gasteiger partial charge in [-0.25, -0.2) is 0 Å². The Kier molecular flexibility index (Phi) is 10.9. The van der Waals surface area contributed by atoms with E-state index in [-0.39, 0.29) is 12.4 Å². The lowest BCUT2D eigenvalue weighted by atomic mass is 10.1. The number of nitrogens with one attached hydrogen (secondary N) is 2. The van der Waals surface area contributed by atoms with Gasteiger partial charge in [0.25, 0.3) is 0 Å². The van der Waals surface area contributed by atoms with Crippen molar-refractivity contribution in [3.05, 3.63) is 48.0 Å². The molecular weight excluding hydrogens is 430 g/mol. The van der Waals surface area contributed by atoms with Crippen molar-refractivity contribution in [2.75, 3.05) is 37.4 Å². The van der Waals surface area contributed by atoms with Crippen molar-refractivity contribution in [3.63, 3.8) is 0 Å². The summed E-state index contributed by atoms with van der Waals surface area (Å²) in [7, 11) is 1.73. The summed E-state index contributed by atoms with van der Waals surface area (Å²) in [5.74, 6) is 1.80. The smallest absolute Gasteiger partial charge is 0.175 e. The van der Waals surface area contributed by atoms with E-state index in [0.29, 0.717) is 5.11 Å². The molecule has 2 N–H and O–H groups in total. The van der Waals surface area contributed by atoms with Crippen molar-refractivity contribution >= 4 is 41.1 Å². The molecule has 0 amide bonds. The summed E-state index contributed by atoms with van der Waals surface area (Å²) in [6, 6.07) is 14.0. The number of likely N-dealkylation sites (tertiary alicyclic amines) is 1. The van der Waals surface area contributed by atoms with Gasteiger partial charge in [0.05, 0.1) is 13.7 Å². The highest BCUT2D eigenvalue weighted by atomic mass is 35.5. The van der Waals surface area contributed by atoms with E-state index >= 15 is 0 Å². The van der Waals surface area contributed by atoms with Crippen LogP contribution in [0.2, 0.25) is 0 Å². The molecule has 0 aliphatic carbocycles. The molecule has 0 atom stereocenters. The molecule has 2 aromatic carbocycles. The molecule has 170 valence electrons. The predicted octanol–water partition coefficient (Wildman–Crippen LogP) is 6.09. The van der Waals surface area contributed by atoms with Gasteiger partial charge in [-0.1, -0.05) is 19.8 Å². The van der Waals surface area contributed by atoms with E-state index in [1.807, 2.05) is 36.4 Å². The zero-order valence-electron chi connectivity index (χ0n) is 18.5. The lowest BCUT2D eigenvalue weighted by Crippen LogP contribution is -2.29. The largest absolute Gasteiger partial charge is 0.496 e. The highest BCUT2D eigenvalue weighted by Gasteiger charge is 2.14. The summed E-state index contributed by atoms with van der Waals surface area (Å²) in [6.07, 6.45) is 6.08. The lowest BCUT2D eigenvalue weighted by Gasteiger charge is -2.27. The Morgan fingerprint density at radius 1 is 1.00 bits per heavy atom. The molecule has 0 aromatic heterocycles. The van der Waals surface area contributed by atoms with Crippen LogP contribution in [0.25, 0.3) is 0 Å². The molecule has 5 nitrogen and oxygen atoms in total. The molecule has 1 fully saturated rings. The first-order valence-electron chi connectivity index (χ1n) is 10.9. The molecule has 2 aromatic rings. The number of halogens is 1. The standard InChI is InChI=1S/C24H33N3O2S.ClH/c1-3-4-16-29-22-11-8-20(9-12-22)25-24(30)26-21-10-13-23(28-2)19(17-21)18-27-14-6-5-7-15-27;/h8-13,17H,3-7,14-16,18H2,1-2H3,(H2,25,26,30);1H. The zero-order valence-corrected chi connectivity index (χ0v) is 20.1. The molecule has 1 saturated heterocycles. The number of benzene rings is 2. The Bertz CT molecular complexity index is 811. The van der Waals surface area contributed by atoms with E-state index in [2.05, 4.69) is 28.5 Å². The second-order valence-corrected chi connectivity index (χ2v) is 8.08. The van der Waals surface area contributed by atoms with Crippen LogP contribution in [0.15, 0.2) is 42.5 Å². The van der Waals surface area contributed by atoms with Gasteiger partial charge in [-0.3, -0.25) is 4.90 Å². The second-order valence-electron chi connectivity index (χ2n) is 7.67. The van der Waals surface area contributed by atoms with E-state index in [4.69, 9.17) is 21.7 Å². The molecule has 0 spiro atoms. The van der Waals surface area contributed by atoms with Gasteiger partial charge in [0.1, 0.15) is 11.5 Å². The van der Waals surface area contributed by atoms with Gasteiger partial charge in [-0.2, -0.15) is 0 Å². The van der Waals surface area contributed by atoms with Crippen molar-refractivity contribution in [2.24, 2.45) is 0 Å². The molecule has 0 saturated carbocycles. The minimum atomic E-state index is 0. The minimum absolute atomic E-state index is 0. The van der Waals surface area contributed by atoms with E-state index in [1.165, 1.54) is 24.8 Å². The van der Waals surface area contributed by atoms with Crippen LogP contribution in [-0.4, -0.2) is 36.8 Å². The van der Waals surface area contributed by atoms with Crippen LogP contribution in [-0.2, 0) is 6.54 Å². The maximum Gasteiger partial charge on any atom is 0.175 e. The van der Waals surface area contributed by atoms with Gasteiger partial charge >= 0.3 is 0 Å². The number of rotatable bonds is 9. The van der Waals surface area contributed by atoms with Gasteiger partial charge in [0, 0.05) is 23.5 Å². The summed E-state index contributed by atoms with van der Waals surface area (Å²) in [5, 5.41) is 7.09. The third-order valence-corrected chi connectivity index (χ3v) is 5.46. The summed E-state index contributed by atoms with van der Waals surface area (Å²) in [5.41, 5.74) is 3.07. The van der Waals surface area contributed by atoms with Crippen LogP contribution < -0.4 is 20.1 Å². The van der Waals surface area contributed by atoms with Gasteiger partial charge in [0.2, 0.25) is 0 Å². The Labute approximate surface area is 197 Å². The average molecular weight is 464 g/mol. The van der Waals surface area contributed by atoms with E-state index in [0.717, 1.165) is 62.0 Å². The molecule has 3 rings (SSSR count).